The quantitative estimate of drug-likeness (QED) is 0.741. The smallest absolute Gasteiger partial charge is 0.171 e. The standard InChI is InChI=1S/C14H11Br2NO/c1-9(13-4-2-3-5-17-13)14(18)10-6-11(15)8-12(16)7-10/h2-9H,1H3. The molecule has 2 rings (SSSR count). The van der Waals surface area contributed by atoms with Crippen LogP contribution in [0, 0.1) is 0 Å². The van der Waals surface area contributed by atoms with E-state index < -0.39 is 0 Å². The number of nitrogens with zero attached hydrogens (tertiary/aromatic N) is 1. The number of hydrogen-bond acceptors (Lipinski definition) is 2. The van der Waals surface area contributed by atoms with Crippen molar-refractivity contribution in [3.05, 3.63) is 62.8 Å². The summed E-state index contributed by atoms with van der Waals surface area (Å²) in [6.45, 7) is 1.87. The summed E-state index contributed by atoms with van der Waals surface area (Å²) in [5.74, 6) is -0.178. The van der Waals surface area contributed by atoms with Gasteiger partial charge in [0.25, 0.3) is 0 Å². The number of halogens is 2. The van der Waals surface area contributed by atoms with Gasteiger partial charge in [0.2, 0.25) is 0 Å². The molecule has 1 heterocycles. The summed E-state index contributed by atoms with van der Waals surface area (Å²) in [5, 5.41) is 0. The summed E-state index contributed by atoms with van der Waals surface area (Å²) in [6.07, 6.45) is 1.70. The third-order valence-electron chi connectivity index (χ3n) is 2.67. The van der Waals surface area contributed by atoms with Gasteiger partial charge in [-0.1, -0.05) is 37.9 Å². The Hall–Kier alpha value is -1.00. The first kappa shape index (κ1) is 13.4. The largest absolute Gasteiger partial charge is 0.293 e. The number of hydrogen-bond donors (Lipinski definition) is 0. The van der Waals surface area contributed by atoms with Crippen LogP contribution in [0.5, 0.6) is 0 Å². The van der Waals surface area contributed by atoms with Gasteiger partial charge in [0.05, 0.1) is 11.6 Å². The molecule has 0 aliphatic rings. The number of carbonyl (C=O) groups excluding carboxylic acids is 1. The van der Waals surface area contributed by atoms with Gasteiger partial charge in [0.15, 0.2) is 5.78 Å². The average molecular weight is 369 g/mol. The van der Waals surface area contributed by atoms with E-state index in [1.807, 2.05) is 43.3 Å². The minimum atomic E-state index is -0.243. The number of Topliss-reactive ketones (excluding diaryl/α,β-unsaturated/α-hetero) is 1. The number of benzene rings is 1. The highest BCUT2D eigenvalue weighted by atomic mass is 79.9. The summed E-state index contributed by atoms with van der Waals surface area (Å²) >= 11 is 6.78. The Morgan fingerprint density at radius 2 is 1.83 bits per heavy atom. The zero-order valence-electron chi connectivity index (χ0n) is 9.73. The minimum Gasteiger partial charge on any atom is -0.293 e. The van der Waals surface area contributed by atoms with Crippen LogP contribution in [0.1, 0.15) is 28.9 Å². The lowest BCUT2D eigenvalue weighted by atomic mass is 9.96. The molecule has 0 aliphatic heterocycles. The minimum absolute atomic E-state index is 0.0655. The van der Waals surface area contributed by atoms with Crippen molar-refractivity contribution in [1.82, 2.24) is 4.98 Å². The first-order valence-electron chi connectivity index (χ1n) is 5.49. The molecule has 18 heavy (non-hydrogen) atoms. The molecular weight excluding hydrogens is 358 g/mol. The first-order valence-corrected chi connectivity index (χ1v) is 7.08. The van der Waals surface area contributed by atoms with Crippen molar-refractivity contribution in [3.63, 3.8) is 0 Å². The van der Waals surface area contributed by atoms with Gasteiger partial charge in [-0.2, -0.15) is 0 Å². The second kappa shape index (κ2) is 5.76. The molecule has 0 radical (unpaired) electrons. The molecular formula is C14H11Br2NO. The maximum Gasteiger partial charge on any atom is 0.171 e. The molecule has 0 N–H and O–H groups in total. The second-order valence-corrected chi connectivity index (χ2v) is 5.83. The summed E-state index contributed by atoms with van der Waals surface area (Å²) in [6, 6.07) is 11.2. The fourth-order valence-electron chi connectivity index (χ4n) is 1.71. The van der Waals surface area contributed by atoms with Gasteiger partial charge in [-0.3, -0.25) is 9.78 Å². The molecule has 0 bridgehead atoms. The molecule has 1 unspecified atom stereocenters. The monoisotopic (exact) mass is 367 g/mol. The van der Waals surface area contributed by atoms with Gasteiger partial charge in [-0.25, -0.2) is 0 Å². The van der Waals surface area contributed by atoms with Crippen LogP contribution < -0.4 is 0 Å². The fraction of sp³-hybridized carbons (Fsp3) is 0.143. The van der Waals surface area contributed by atoms with E-state index in [1.54, 1.807) is 6.20 Å². The molecule has 0 amide bonds. The maximum atomic E-state index is 12.4. The number of ketones is 1. The van der Waals surface area contributed by atoms with Crippen LogP contribution in [0.2, 0.25) is 0 Å². The third kappa shape index (κ3) is 3.06. The normalized spacial score (nSPS) is 12.2. The molecule has 2 nitrogen and oxygen atoms in total. The lowest BCUT2D eigenvalue weighted by Crippen LogP contribution is -2.11. The van der Waals surface area contributed by atoms with Gasteiger partial charge in [0.1, 0.15) is 0 Å². The molecule has 0 saturated heterocycles. The first-order chi connectivity index (χ1) is 8.58. The van der Waals surface area contributed by atoms with E-state index in [0.717, 1.165) is 14.6 Å². The van der Waals surface area contributed by atoms with Crippen LogP contribution in [-0.4, -0.2) is 10.8 Å². The van der Waals surface area contributed by atoms with E-state index in [-0.39, 0.29) is 11.7 Å². The highest BCUT2D eigenvalue weighted by Gasteiger charge is 2.18. The molecule has 1 atom stereocenters. The van der Waals surface area contributed by atoms with Crippen LogP contribution in [0.25, 0.3) is 0 Å². The van der Waals surface area contributed by atoms with Gasteiger partial charge < -0.3 is 0 Å². The Kier molecular flexibility index (Phi) is 4.30. The molecule has 0 saturated carbocycles. The van der Waals surface area contributed by atoms with Crippen molar-refractivity contribution in [1.29, 1.82) is 0 Å². The van der Waals surface area contributed by atoms with E-state index in [0.29, 0.717) is 5.56 Å². The summed E-state index contributed by atoms with van der Waals surface area (Å²) in [4.78, 5) is 16.6. The SMILES string of the molecule is CC(C(=O)c1cc(Br)cc(Br)c1)c1ccccn1. The van der Waals surface area contributed by atoms with Crippen molar-refractivity contribution >= 4 is 37.6 Å². The van der Waals surface area contributed by atoms with Gasteiger partial charge in [0, 0.05) is 20.7 Å². The molecule has 4 heteroatoms. The number of carbonyl (C=O) groups is 1. The number of rotatable bonds is 3. The highest BCUT2D eigenvalue weighted by Crippen LogP contribution is 2.24. The van der Waals surface area contributed by atoms with Crippen LogP contribution in [-0.2, 0) is 0 Å². The van der Waals surface area contributed by atoms with Crippen LogP contribution in [0.4, 0.5) is 0 Å². The lowest BCUT2D eigenvalue weighted by molar-refractivity contribution is 0.0964. The second-order valence-electron chi connectivity index (χ2n) is 4.00. The van der Waals surface area contributed by atoms with Crippen molar-refractivity contribution in [3.8, 4) is 0 Å². The third-order valence-corrected chi connectivity index (χ3v) is 3.59. The van der Waals surface area contributed by atoms with E-state index in [4.69, 9.17) is 0 Å². The Morgan fingerprint density at radius 3 is 2.39 bits per heavy atom. The Bertz CT molecular complexity index is 549. The summed E-state index contributed by atoms with van der Waals surface area (Å²) in [5.41, 5.74) is 1.47. The van der Waals surface area contributed by atoms with Gasteiger partial charge in [-0.15, -0.1) is 0 Å². The average Bonchev–Trinajstić information content (AvgIpc) is 2.37. The molecule has 0 spiro atoms. The van der Waals surface area contributed by atoms with Crippen LogP contribution in [0.15, 0.2) is 51.5 Å². The van der Waals surface area contributed by atoms with E-state index in [1.165, 1.54) is 0 Å². The molecule has 2 aromatic rings. The van der Waals surface area contributed by atoms with Crippen LogP contribution >= 0.6 is 31.9 Å². The van der Waals surface area contributed by atoms with Gasteiger partial charge >= 0.3 is 0 Å². The van der Waals surface area contributed by atoms with Crippen molar-refractivity contribution in [2.75, 3.05) is 0 Å². The maximum absolute atomic E-state index is 12.4. The van der Waals surface area contributed by atoms with Crippen molar-refractivity contribution in [2.45, 2.75) is 12.8 Å². The molecule has 92 valence electrons. The molecule has 1 aromatic heterocycles. The Morgan fingerprint density at radius 1 is 1.17 bits per heavy atom. The lowest BCUT2D eigenvalue weighted by Gasteiger charge is -2.10. The summed E-state index contributed by atoms with van der Waals surface area (Å²) in [7, 11) is 0. The van der Waals surface area contributed by atoms with Crippen LogP contribution in [0.3, 0.4) is 0 Å². The Labute approximate surface area is 123 Å². The van der Waals surface area contributed by atoms with E-state index in [2.05, 4.69) is 36.8 Å². The van der Waals surface area contributed by atoms with Crippen molar-refractivity contribution in [2.24, 2.45) is 0 Å². The number of pyridine rings is 1. The highest BCUT2D eigenvalue weighted by molar-refractivity contribution is 9.11. The summed E-state index contributed by atoms with van der Waals surface area (Å²) < 4.78 is 1.77. The van der Waals surface area contributed by atoms with Gasteiger partial charge in [-0.05, 0) is 37.3 Å². The predicted octanol–water partition coefficient (Wildman–Crippen LogP) is 4.59. The number of aromatic nitrogens is 1. The topological polar surface area (TPSA) is 30.0 Å². The van der Waals surface area contributed by atoms with E-state index >= 15 is 0 Å². The van der Waals surface area contributed by atoms with E-state index in [9.17, 15) is 4.79 Å². The van der Waals surface area contributed by atoms with Crippen molar-refractivity contribution < 1.29 is 4.79 Å². The fourth-order valence-corrected chi connectivity index (χ4v) is 3.01. The predicted molar refractivity (Wildman–Crippen MR) is 78.8 cm³/mol. The molecule has 0 fully saturated rings. The zero-order valence-corrected chi connectivity index (χ0v) is 12.9. The zero-order chi connectivity index (χ0) is 13.1. The molecule has 0 aliphatic carbocycles. The molecule has 1 aromatic carbocycles. The Balaban J connectivity index is 2.31.